The van der Waals surface area contributed by atoms with E-state index in [0.717, 1.165) is 11.3 Å². The van der Waals surface area contributed by atoms with Crippen molar-refractivity contribution in [3.8, 4) is 11.5 Å². The number of esters is 1. The third-order valence-corrected chi connectivity index (χ3v) is 3.06. The Kier molecular flexibility index (Phi) is 2.40. The van der Waals surface area contributed by atoms with Crippen LogP contribution in [0.15, 0.2) is 18.2 Å². The zero-order chi connectivity index (χ0) is 11.8. The monoisotopic (exact) mass is 236 g/mol. The average Bonchev–Trinajstić information content (AvgIpc) is 2.90. The Morgan fingerprint density at radius 3 is 2.82 bits per heavy atom. The van der Waals surface area contributed by atoms with E-state index in [1.165, 1.54) is 0 Å². The Morgan fingerprint density at radius 1 is 1.24 bits per heavy atom. The van der Waals surface area contributed by atoms with Crippen LogP contribution in [0.4, 0.5) is 0 Å². The number of benzene rings is 1. The van der Waals surface area contributed by atoms with Crippen molar-refractivity contribution >= 4 is 5.97 Å². The fraction of sp³-hybridized carbons (Fsp3) is 0.417. The Labute approximate surface area is 97.9 Å². The highest BCUT2D eigenvalue weighted by atomic mass is 16.7. The zero-order valence-electron chi connectivity index (χ0n) is 9.09. The number of aliphatic hydroxyl groups is 1. The molecule has 2 aliphatic heterocycles. The predicted molar refractivity (Wildman–Crippen MR) is 56.7 cm³/mol. The molecule has 0 bridgehead atoms. The van der Waals surface area contributed by atoms with Gasteiger partial charge in [0.2, 0.25) is 6.79 Å². The van der Waals surface area contributed by atoms with Gasteiger partial charge >= 0.3 is 5.97 Å². The summed E-state index contributed by atoms with van der Waals surface area (Å²) in [6.07, 6.45) is -0.427. The molecular formula is C12H12O5. The highest BCUT2D eigenvalue weighted by Crippen LogP contribution is 2.33. The summed E-state index contributed by atoms with van der Waals surface area (Å²) in [6, 6.07) is 5.61. The Balaban J connectivity index is 1.75. The van der Waals surface area contributed by atoms with E-state index in [1.807, 2.05) is 18.2 Å². The number of carbonyl (C=O) groups excluding carboxylic acids is 1. The van der Waals surface area contributed by atoms with Crippen molar-refractivity contribution < 1.29 is 24.1 Å². The molecule has 1 aromatic carbocycles. The van der Waals surface area contributed by atoms with E-state index in [2.05, 4.69) is 0 Å². The summed E-state index contributed by atoms with van der Waals surface area (Å²) in [5.74, 6) is 0.730. The number of aliphatic hydroxyl groups excluding tert-OH is 1. The van der Waals surface area contributed by atoms with Crippen LogP contribution in [0.25, 0.3) is 0 Å². The lowest BCUT2D eigenvalue weighted by Crippen LogP contribution is -2.23. The first kappa shape index (κ1) is 10.4. The van der Waals surface area contributed by atoms with Crippen molar-refractivity contribution in [2.45, 2.75) is 12.5 Å². The second-order valence-electron chi connectivity index (χ2n) is 4.23. The first-order valence-electron chi connectivity index (χ1n) is 5.47. The second kappa shape index (κ2) is 3.92. The molecule has 90 valence electrons. The SMILES string of the molecule is O=C1OC[C@H](Cc2ccc3c(c2)OCO3)[C@@H]1O. The van der Waals surface area contributed by atoms with E-state index >= 15 is 0 Å². The summed E-state index contributed by atoms with van der Waals surface area (Å²) in [7, 11) is 0. The summed E-state index contributed by atoms with van der Waals surface area (Å²) in [4.78, 5) is 11.0. The van der Waals surface area contributed by atoms with Crippen LogP contribution in [0.1, 0.15) is 5.56 Å². The number of carbonyl (C=O) groups is 1. The molecule has 0 saturated carbocycles. The van der Waals surface area contributed by atoms with Crippen LogP contribution >= 0.6 is 0 Å². The average molecular weight is 236 g/mol. The molecule has 0 aliphatic carbocycles. The molecule has 0 unspecified atom stereocenters. The standard InChI is InChI=1S/C12H12O5/c13-11-8(5-15-12(11)14)3-7-1-2-9-10(4-7)17-6-16-9/h1-2,4,8,11,13H,3,5-6H2/t8-,11-/m0/s1. The number of hydrogen-bond donors (Lipinski definition) is 1. The molecule has 5 heteroatoms. The number of ether oxygens (including phenoxy) is 3. The lowest BCUT2D eigenvalue weighted by Gasteiger charge is -2.10. The van der Waals surface area contributed by atoms with Crippen molar-refractivity contribution in [2.75, 3.05) is 13.4 Å². The number of cyclic esters (lactones) is 1. The van der Waals surface area contributed by atoms with Gasteiger partial charge in [0.25, 0.3) is 0 Å². The number of fused-ring (bicyclic) bond motifs is 1. The molecular weight excluding hydrogens is 224 g/mol. The maximum atomic E-state index is 11.0. The second-order valence-corrected chi connectivity index (χ2v) is 4.23. The summed E-state index contributed by atoms with van der Waals surface area (Å²) >= 11 is 0. The van der Waals surface area contributed by atoms with Gasteiger partial charge in [-0.05, 0) is 24.1 Å². The molecule has 5 nitrogen and oxygen atoms in total. The van der Waals surface area contributed by atoms with E-state index < -0.39 is 12.1 Å². The van der Waals surface area contributed by atoms with Gasteiger partial charge < -0.3 is 19.3 Å². The van der Waals surface area contributed by atoms with Crippen LogP contribution < -0.4 is 9.47 Å². The lowest BCUT2D eigenvalue weighted by molar-refractivity contribution is -0.144. The van der Waals surface area contributed by atoms with E-state index in [-0.39, 0.29) is 19.3 Å². The molecule has 0 radical (unpaired) electrons. The third-order valence-electron chi connectivity index (χ3n) is 3.06. The fourth-order valence-electron chi connectivity index (χ4n) is 2.10. The Bertz CT molecular complexity index is 456. The van der Waals surface area contributed by atoms with Gasteiger partial charge in [0, 0.05) is 5.92 Å². The van der Waals surface area contributed by atoms with Crippen molar-refractivity contribution in [3.63, 3.8) is 0 Å². The van der Waals surface area contributed by atoms with Crippen LogP contribution in [0.3, 0.4) is 0 Å². The quantitative estimate of drug-likeness (QED) is 0.757. The van der Waals surface area contributed by atoms with Crippen LogP contribution in [0.2, 0.25) is 0 Å². The van der Waals surface area contributed by atoms with Crippen molar-refractivity contribution in [2.24, 2.45) is 5.92 Å². The van der Waals surface area contributed by atoms with Crippen LogP contribution in [0.5, 0.6) is 11.5 Å². The maximum Gasteiger partial charge on any atom is 0.335 e. The van der Waals surface area contributed by atoms with Gasteiger partial charge in [-0.2, -0.15) is 0 Å². The molecule has 2 atom stereocenters. The smallest absolute Gasteiger partial charge is 0.335 e. The highest BCUT2D eigenvalue weighted by molar-refractivity contribution is 5.76. The summed E-state index contributed by atoms with van der Waals surface area (Å²) in [5.41, 5.74) is 0.997. The summed E-state index contributed by atoms with van der Waals surface area (Å²) in [6.45, 7) is 0.515. The number of hydrogen-bond acceptors (Lipinski definition) is 5. The van der Waals surface area contributed by atoms with E-state index in [1.54, 1.807) is 0 Å². The zero-order valence-corrected chi connectivity index (χ0v) is 9.09. The highest BCUT2D eigenvalue weighted by Gasteiger charge is 2.35. The lowest BCUT2D eigenvalue weighted by atomic mass is 9.96. The van der Waals surface area contributed by atoms with Gasteiger partial charge in [0.05, 0.1) is 6.61 Å². The van der Waals surface area contributed by atoms with Crippen LogP contribution in [0, 0.1) is 5.92 Å². The molecule has 2 aliphatic rings. The minimum Gasteiger partial charge on any atom is -0.463 e. The van der Waals surface area contributed by atoms with E-state index in [9.17, 15) is 9.90 Å². The van der Waals surface area contributed by atoms with Gasteiger partial charge in [0.15, 0.2) is 17.6 Å². The minimum atomic E-state index is -1.01. The minimum absolute atomic E-state index is 0.178. The molecule has 1 fully saturated rings. The molecule has 0 spiro atoms. The molecule has 1 saturated heterocycles. The topological polar surface area (TPSA) is 65.0 Å². The first-order chi connectivity index (χ1) is 8.24. The van der Waals surface area contributed by atoms with Crippen molar-refractivity contribution in [1.29, 1.82) is 0 Å². The van der Waals surface area contributed by atoms with Gasteiger partial charge in [-0.3, -0.25) is 0 Å². The van der Waals surface area contributed by atoms with Gasteiger partial charge in [-0.15, -0.1) is 0 Å². The normalized spacial score (nSPS) is 26.1. The van der Waals surface area contributed by atoms with Crippen LogP contribution in [-0.4, -0.2) is 30.6 Å². The third kappa shape index (κ3) is 1.82. The molecule has 2 heterocycles. The van der Waals surface area contributed by atoms with E-state index in [4.69, 9.17) is 14.2 Å². The fourth-order valence-corrected chi connectivity index (χ4v) is 2.10. The van der Waals surface area contributed by atoms with Crippen LogP contribution in [-0.2, 0) is 16.0 Å². The molecule has 0 amide bonds. The van der Waals surface area contributed by atoms with Gasteiger partial charge in [0.1, 0.15) is 0 Å². The molecule has 1 N–H and O–H groups in total. The van der Waals surface area contributed by atoms with Gasteiger partial charge in [-0.1, -0.05) is 6.07 Å². The largest absolute Gasteiger partial charge is 0.463 e. The number of rotatable bonds is 2. The molecule has 0 aromatic heterocycles. The summed E-state index contributed by atoms with van der Waals surface area (Å²) < 4.78 is 15.3. The molecule has 17 heavy (non-hydrogen) atoms. The van der Waals surface area contributed by atoms with Gasteiger partial charge in [-0.25, -0.2) is 4.79 Å². The Hall–Kier alpha value is -1.75. The van der Waals surface area contributed by atoms with E-state index in [0.29, 0.717) is 12.2 Å². The first-order valence-corrected chi connectivity index (χ1v) is 5.47. The van der Waals surface area contributed by atoms with Crippen molar-refractivity contribution in [3.05, 3.63) is 23.8 Å². The Morgan fingerprint density at radius 2 is 2.06 bits per heavy atom. The maximum absolute atomic E-state index is 11.0. The van der Waals surface area contributed by atoms with Crippen molar-refractivity contribution in [1.82, 2.24) is 0 Å². The summed E-state index contributed by atoms with van der Waals surface area (Å²) in [5, 5.41) is 9.58. The molecule has 3 rings (SSSR count). The predicted octanol–water partition coefficient (Wildman–Crippen LogP) is 0.492. The molecule has 1 aromatic rings.